The van der Waals surface area contributed by atoms with Crippen molar-refractivity contribution >= 4 is 90.2 Å². The predicted octanol–water partition coefficient (Wildman–Crippen LogP) is 1.55. The molecule has 0 saturated heterocycles. The third-order valence-electron chi connectivity index (χ3n) is 3.50. The Bertz CT molecular complexity index is 673. The summed E-state index contributed by atoms with van der Waals surface area (Å²) in [6.45, 7) is 8.67. The van der Waals surface area contributed by atoms with Gasteiger partial charge in [-0.3, -0.25) is 0 Å². The Hall–Kier alpha value is 3.62. The zero-order valence-electron chi connectivity index (χ0n) is 17.5. The topological polar surface area (TPSA) is 0 Å². The van der Waals surface area contributed by atoms with Crippen LogP contribution in [0.5, 0.6) is 0 Å². The number of hydrogen-bond donors (Lipinski definition) is 0. The number of halogens is 5. The summed E-state index contributed by atoms with van der Waals surface area (Å²) in [6, 6.07) is 10.7. The van der Waals surface area contributed by atoms with Crippen LogP contribution >= 0.6 is 90.2 Å². The van der Waals surface area contributed by atoms with Crippen LogP contribution in [-0.2, 0) is 0 Å². The van der Waals surface area contributed by atoms with Gasteiger partial charge in [-0.25, -0.2) is 11.6 Å². The van der Waals surface area contributed by atoms with Gasteiger partial charge in [-0.15, -0.1) is 0 Å². The Labute approximate surface area is 246 Å². The van der Waals surface area contributed by atoms with Crippen LogP contribution in [-0.4, -0.2) is 0 Å². The molecule has 0 fully saturated rings. The van der Waals surface area contributed by atoms with E-state index in [-0.39, 0.29) is 46.7 Å². The molecule has 0 aliphatic carbocycles. The van der Waals surface area contributed by atoms with Gasteiger partial charge in [0.1, 0.15) is 0 Å². The summed E-state index contributed by atoms with van der Waals surface area (Å²) >= 11 is 9.54. The fraction of sp³-hybridized carbons (Fsp3) is 0.222. The molecule has 0 unspecified atom stereocenters. The fourth-order valence-electron chi connectivity index (χ4n) is 1.87. The average molecular weight is 949 g/mol. The molecular formula is C18H22I5Li2P2-. The molecule has 0 aliphatic rings. The van der Waals surface area contributed by atoms with Crippen LogP contribution in [0.3, 0.4) is 0 Å². The quantitative estimate of drug-likeness (QED) is 0.257. The van der Waals surface area contributed by atoms with Crippen molar-refractivity contribution in [2.45, 2.75) is 27.7 Å². The molecular weight excluding hydrogens is 927 g/mol. The molecule has 0 nitrogen and oxygen atoms in total. The fourth-order valence-corrected chi connectivity index (χ4v) is 4.93. The summed E-state index contributed by atoms with van der Waals surface area (Å²) in [5.41, 5.74) is 5.74. The van der Waals surface area contributed by atoms with Crippen molar-refractivity contribution in [1.82, 2.24) is 0 Å². The molecule has 3 rings (SSSR count). The first-order chi connectivity index (χ1) is 12.0. The van der Waals surface area contributed by atoms with Gasteiger partial charge in [0.15, 0.2) is 0 Å². The molecule has 142 valence electrons. The zero-order chi connectivity index (χ0) is 19.2. The minimum Gasteiger partial charge on any atom is -1.00 e. The van der Waals surface area contributed by atoms with E-state index in [1.54, 1.807) is 0 Å². The molecule has 0 N–H and O–H groups in total. The van der Waals surface area contributed by atoms with Gasteiger partial charge in [-0.2, -0.15) is 0 Å². The molecule has 1 aromatic carbocycles. The molecule has 0 bridgehead atoms. The average Bonchev–Trinajstić information content (AvgIpc) is 3.17. The Morgan fingerprint density at radius 1 is 0.778 bits per heavy atom. The first-order valence-corrected chi connectivity index (χ1v) is 28.6. The molecule has 0 aliphatic heterocycles. The maximum absolute atomic E-state index is 2.39. The Kier molecular flexibility index (Phi) is 29.7. The summed E-state index contributed by atoms with van der Waals surface area (Å²) in [6.07, 6.45) is 0. The second-order valence-electron chi connectivity index (χ2n) is 5.19. The molecule has 2 aromatic heterocycles. The van der Waals surface area contributed by atoms with E-state index in [1.165, 1.54) is 35.8 Å². The van der Waals surface area contributed by atoms with Crippen molar-refractivity contribution in [2.24, 2.45) is 0 Å². The zero-order valence-corrected chi connectivity index (χ0v) is 29.1. The summed E-state index contributed by atoms with van der Waals surface area (Å²) in [7, 11) is 1.21. The summed E-state index contributed by atoms with van der Waals surface area (Å²) in [4.78, 5) is 0. The molecule has 3 aromatic rings. The van der Waals surface area contributed by atoms with Crippen molar-refractivity contribution in [3.8, 4) is 5.30 Å². The molecule has 2 heterocycles. The third-order valence-corrected chi connectivity index (χ3v) is 6.80. The summed E-state index contributed by atoms with van der Waals surface area (Å²) in [5.74, 6) is 9.21. The molecule has 0 amide bonds. The standard InChI is InChI=1S/C12H13P.C6H8P.I3.I2.2Li.H/c1-10-8-13(9-11(10)2)12-6-4-3-5-7-12;1-5-3-7-4-6(5)2;1-3-2;1-2;;;/h3-9H,1-2H3;3-4H,1-2H3;;;;;/q;2*-1;;2*+1;-1. The van der Waals surface area contributed by atoms with Gasteiger partial charge in [0.2, 0.25) is 0 Å². The van der Waals surface area contributed by atoms with Gasteiger partial charge < -0.3 is 9.62 Å². The molecule has 0 saturated carbocycles. The van der Waals surface area contributed by atoms with Crippen molar-refractivity contribution < 1.29 is 52.4 Å². The van der Waals surface area contributed by atoms with Gasteiger partial charge in [-0.05, 0) is 55.7 Å². The molecule has 0 radical (unpaired) electrons. The van der Waals surface area contributed by atoms with Crippen LogP contribution in [0.1, 0.15) is 23.7 Å². The van der Waals surface area contributed by atoms with E-state index in [4.69, 9.17) is 0 Å². The smallest absolute Gasteiger partial charge is 1.00 e. The van der Waals surface area contributed by atoms with Gasteiger partial charge >= 0.3 is 88.2 Å². The molecule has 0 spiro atoms. The van der Waals surface area contributed by atoms with Crippen molar-refractivity contribution in [2.75, 3.05) is 0 Å². The van der Waals surface area contributed by atoms with E-state index in [2.05, 4.69) is 156 Å². The van der Waals surface area contributed by atoms with Gasteiger partial charge in [-0.1, -0.05) is 49.0 Å². The molecule has 0 atom stereocenters. The third kappa shape index (κ3) is 16.0. The second kappa shape index (κ2) is 22.8. The van der Waals surface area contributed by atoms with Gasteiger partial charge in [0.25, 0.3) is 0 Å². The van der Waals surface area contributed by atoms with E-state index in [1.807, 2.05) is 0 Å². The number of hydrogen-bond acceptors (Lipinski definition) is 0. The molecule has 9 heteroatoms. The van der Waals surface area contributed by atoms with Crippen molar-refractivity contribution in [1.29, 1.82) is 0 Å². The number of aryl methyl sites for hydroxylation is 4. The maximum Gasteiger partial charge on any atom is 1.00 e. The van der Waals surface area contributed by atoms with Crippen LogP contribution < -0.4 is 51.0 Å². The minimum absolute atomic E-state index is 0. The predicted molar refractivity (Wildman–Crippen MR) is 151 cm³/mol. The number of benzene rings is 1. The van der Waals surface area contributed by atoms with Crippen LogP contribution in [0.15, 0.2) is 53.5 Å². The van der Waals surface area contributed by atoms with Crippen LogP contribution in [0.4, 0.5) is 0 Å². The van der Waals surface area contributed by atoms with Crippen molar-refractivity contribution in [3.05, 3.63) is 75.8 Å². The van der Waals surface area contributed by atoms with Crippen molar-refractivity contribution in [3.63, 3.8) is 0 Å². The van der Waals surface area contributed by atoms with E-state index in [9.17, 15) is 0 Å². The molecule has 27 heavy (non-hydrogen) atoms. The maximum atomic E-state index is 2.39. The minimum atomic E-state index is -0.143. The first-order valence-electron chi connectivity index (χ1n) is 7.25. The van der Waals surface area contributed by atoms with E-state index >= 15 is 0 Å². The summed E-state index contributed by atoms with van der Waals surface area (Å²) < 4.78 is 0. The number of rotatable bonds is 1. The van der Waals surface area contributed by atoms with E-state index in [0.29, 0.717) is 13.3 Å². The Morgan fingerprint density at radius 3 is 1.44 bits per heavy atom. The van der Waals surface area contributed by atoms with Crippen LogP contribution in [0.2, 0.25) is 0 Å². The van der Waals surface area contributed by atoms with E-state index in [0.717, 1.165) is 0 Å². The van der Waals surface area contributed by atoms with E-state index < -0.39 is 0 Å². The second-order valence-corrected chi connectivity index (χ2v) is 24.1. The Morgan fingerprint density at radius 2 is 1.15 bits per heavy atom. The van der Waals surface area contributed by atoms with Gasteiger partial charge in [0, 0.05) is 37.2 Å². The van der Waals surface area contributed by atoms with Gasteiger partial charge in [0.05, 0.1) is 0 Å². The normalized spacial score (nSPS) is 8.44. The monoisotopic (exact) mass is 949 g/mol. The van der Waals surface area contributed by atoms with Crippen LogP contribution in [0.25, 0.3) is 5.30 Å². The SMILES string of the molecule is Cc1c[p-]cc1C.Cc1cp(-c2ccccc2)cc1C.II.I[I-]I.[H-].[Li+].[Li+]. The largest absolute Gasteiger partial charge is 1.00 e. The first kappa shape index (κ1) is 35.2. The summed E-state index contributed by atoms with van der Waals surface area (Å²) in [5, 5.41) is 1.45. The van der Waals surface area contributed by atoms with Crippen LogP contribution in [0, 0.1) is 27.7 Å². The Balaban J connectivity index is -0.000000166.